The zero-order valence-electron chi connectivity index (χ0n) is 11.1. The summed E-state index contributed by atoms with van der Waals surface area (Å²) in [5.74, 6) is 0.286. The molecule has 2 atom stereocenters. The summed E-state index contributed by atoms with van der Waals surface area (Å²) in [4.78, 5) is 25.8. The third kappa shape index (κ3) is 4.02. The fourth-order valence-electron chi connectivity index (χ4n) is 2.17. The van der Waals surface area contributed by atoms with Crippen LogP contribution in [0.5, 0.6) is 0 Å². The Kier molecular flexibility index (Phi) is 5.66. The Morgan fingerprint density at radius 2 is 2.17 bits per heavy atom. The number of nitrogens with one attached hydrogen (secondary N) is 1. The third-order valence-electron chi connectivity index (χ3n) is 3.03. The van der Waals surface area contributed by atoms with Gasteiger partial charge in [-0.2, -0.15) is 0 Å². The molecule has 5 heteroatoms. The largest absolute Gasteiger partial charge is 0.344 e. The van der Waals surface area contributed by atoms with Crippen molar-refractivity contribution >= 4 is 23.4 Å². The van der Waals surface area contributed by atoms with Gasteiger partial charge in [-0.05, 0) is 19.3 Å². The van der Waals surface area contributed by atoms with Crippen LogP contribution in [0.4, 0.5) is 0 Å². The van der Waals surface area contributed by atoms with Crippen LogP contribution in [0.25, 0.3) is 0 Å². The maximum atomic E-state index is 12.4. The zero-order chi connectivity index (χ0) is 13.7. The number of rotatable bonds is 4. The number of carbonyl (C=O) groups excluding carboxylic acids is 2. The van der Waals surface area contributed by atoms with Gasteiger partial charge in [0.15, 0.2) is 0 Å². The summed E-state index contributed by atoms with van der Waals surface area (Å²) >= 11 is 5.51. The third-order valence-corrected chi connectivity index (χ3v) is 3.21. The Balaban J connectivity index is 2.86. The van der Waals surface area contributed by atoms with E-state index in [2.05, 4.69) is 5.32 Å². The maximum absolute atomic E-state index is 12.4. The second kappa shape index (κ2) is 6.78. The van der Waals surface area contributed by atoms with E-state index in [1.165, 1.54) is 5.54 Å². The lowest BCUT2D eigenvalue weighted by molar-refractivity contribution is -0.134. The molecule has 0 saturated carbocycles. The molecule has 4 nitrogen and oxygen atoms in total. The molecule has 0 aromatic rings. The Hall–Kier alpha value is -1.03. The van der Waals surface area contributed by atoms with Crippen molar-refractivity contribution in [3.05, 3.63) is 11.6 Å². The van der Waals surface area contributed by atoms with Gasteiger partial charge >= 0.3 is 0 Å². The van der Waals surface area contributed by atoms with Gasteiger partial charge in [-0.25, -0.2) is 0 Å². The van der Waals surface area contributed by atoms with Gasteiger partial charge in [0.05, 0.1) is 0 Å². The smallest absolute Gasteiger partial charge is 0.245 e. The number of nitrogens with zero attached hydrogens (tertiary/aromatic N) is 1. The van der Waals surface area contributed by atoms with Crippen molar-refractivity contribution in [3.63, 3.8) is 0 Å². The van der Waals surface area contributed by atoms with Crippen LogP contribution in [-0.4, -0.2) is 35.3 Å². The fourth-order valence-corrected chi connectivity index (χ4v) is 2.25. The lowest BCUT2D eigenvalue weighted by Gasteiger charge is -2.28. The van der Waals surface area contributed by atoms with Gasteiger partial charge in [-0.1, -0.05) is 31.5 Å². The second-order valence-electron chi connectivity index (χ2n) is 5.16. The van der Waals surface area contributed by atoms with Crippen molar-refractivity contribution in [3.8, 4) is 0 Å². The first kappa shape index (κ1) is 15.0. The summed E-state index contributed by atoms with van der Waals surface area (Å²) in [5.41, 5.74) is 1.40. The SMILES string of the molecule is CC(C)CC1NC(=O)CC(C)N(C/C=C/Cl)C1=O. The standard InChI is InChI=1S/C13H21ClN2O2/c1-9(2)7-11-13(18)16(6-4-5-14)10(3)8-12(17)15-11/h4-5,9-11H,6-8H2,1-3H3,(H,15,17)/b5-4+. The van der Waals surface area contributed by atoms with Crippen LogP contribution < -0.4 is 5.32 Å². The monoisotopic (exact) mass is 272 g/mol. The Morgan fingerprint density at radius 1 is 1.50 bits per heavy atom. The number of halogens is 1. The van der Waals surface area contributed by atoms with Crippen molar-refractivity contribution in [1.29, 1.82) is 0 Å². The number of amides is 2. The molecule has 1 aliphatic rings. The molecule has 2 unspecified atom stereocenters. The lowest BCUT2D eigenvalue weighted by atomic mass is 10.0. The van der Waals surface area contributed by atoms with E-state index in [9.17, 15) is 9.59 Å². The van der Waals surface area contributed by atoms with Gasteiger partial charge in [-0.3, -0.25) is 9.59 Å². The van der Waals surface area contributed by atoms with E-state index >= 15 is 0 Å². The van der Waals surface area contributed by atoms with E-state index in [0.717, 1.165) is 0 Å². The molecule has 0 aromatic heterocycles. The van der Waals surface area contributed by atoms with E-state index in [4.69, 9.17) is 11.6 Å². The molecule has 0 spiro atoms. The van der Waals surface area contributed by atoms with E-state index in [1.54, 1.807) is 11.0 Å². The molecule has 1 saturated heterocycles. The molecule has 1 rings (SSSR count). The molecule has 2 amide bonds. The van der Waals surface area contributed by atoms with Crippen LogP contribution in [0, 0.1) is 5.92 Å². The van der Waals surface area contributed by atoms with Gasteiger partial charge in [0.25, 0.3) is 0 Å². The van der Waals surface area contributed by atoms with Gasteiger partial charge < -0.3 is 10.2 Å². The summed E-state index contributed by atoms with van der Waals surface area (Å²) in [7, 11) is 0. The molecular formula is C13H21ClN2O2. The molecule has 1 N–H and O–H groups in total. The number of hydrogen-bond donors (Lipinski definition) is 1. The predicted molar refractivity (Wildman–Crippen MR) is 72.2 cm³/mol. The van der Waals surface area contributed by atoms with Crippen molar-refractivity contribution < 1.29 is 9.59 Å². The minimum absolute atomic E-state index is 0.0168. The van der Waals surface area contributed by atoms with Gasteiger partial charge in [0, 0.05) is 24.5 Å². The van der Waals surface area contributed by atoms with Crippen LogP contribution in [0.1, 0.15) is 33.6 Å². The van der Waals surface area contributed by atoms with Crippen molar-refractivity contribution in [2.24, 2.45) is 5.92 Å². The molecule has 1 heterocycles. The molecule has 0 bridgehead atoms. The first-order valence-corrected chi connectivity index (χ1v) is 6.74. The van der Waals surface area contributed by atoms with E-state index in [-0.39, 0.29) is 17.9 Å². The summed E-state index contributed by atoms with van der Waals surface area (Å²) in [6.07, 6.45) is 2.73. The first-order valence-electron chi connectivity index (χ1n) is 6.30. The summed E-state index contributed by atoms with van der Waals surface area (Å²) < 4.78 is 0. The predicted octanol–water partition coefficient (Wildman–Crippen LogP) is 1.89. The second-order valence-corrected chi connectivity index (χ2v) is 5.41. The molecule has 1 aliphatic heterocycles. The number of hydrogen-bond acceptors (Lipinski definition) is 2. The van der Waals surface area contributed by atoms with Gasteiger partial charge in [0.1, 0.15) is 6.04 Å². The van der Waals surface area contributed by atoms with Crippen LogP contribution in [0.2, 0.25) is 0 Å². The Morgan fingerprint density at radius 3 is 2.72 bits per heavy atom. The van der Waals surface area contributed by atoms with Gasteiger partial charge in [0.2, 0.25) is 11.8 Å². The van der Waals surface area contributed by atoms with Gasteiger partial charge in [-0.15, -0.1) is 0 Å². The van der Waals surface area contributed by atoms with E-state index in [1.807, 2.05) is 20.8 Å². The minimum atomic E-state index is -0.411. The van der Waals surface area contributed by atoms with Crippen molar-refractivity contribution in [2.45, 2.75) is 45.7 Å². The van der Waals surface area contributed by atoms with Crippen LogP contribution >= 0.6 is 11.6 Å². The Labute approximate surface area is 113 Å². The minimum Gasteiger partial charge on any atom is -0.344 e. The Bertz CT molecular complexity index is 342. The average molecular weight is 273 g/mol. The molecule has 0 radical (unpaired) electrons. The average Bonchev–Trinajstić information content (AvgIpc) is 2.35. The topological polar surface area (TPSA) is 49.4 Å². The molecule has 18 heavy (non-hydrogen) atoms. The fraction of sp³-hybridized carbons (Fsp3) is 0.692. The highest BCUT2D eigenvalue weighted by atomic mass is 35.5. The van der Waals surface area contributed by atoms with Crippen LogP contribution in [0.3, 0.4) is 0 Å². The lowest BCUT2D eigenvalue weighted by Crippen LogP contribution is -2.47. The molecule has 102 valence electrons. The van der Waals surface area contributed by atoms with E-state index < -0.39 is 6.04 Å². The highest BCUT2D eigenvalue weighted by Crippen LogP contribution is 2.16. The maximum Gasteiger partial charge on any atom is 0.245 e. The number of carbonyl (C=O) groups is 2. The van der Waals surface area contributed by atoms with Crippen molar-refractivity contribution in [2.75, 3.05) is 6.54 Å². The normalized spacial score (nSPS) is 25.7. The highest BCUT2D eigenvalue weighted by Gasteiger charge is 2.33. The molecule has 0 aliphatic carbocycles. The summed E-state index contributed by atoms with van der Waals surface area (Å²) in [6.45, 7) is 6.41. The summed E-state index contributed by atoms with van der Waals surface area (Å²) in [6, 6.07) is -0.506. The zero-order valence-corrected chi connectivity index (χ0v) is 11.9. The first-order chi connectivity index (χ1) is 8.45. The molecular weight excluding hydrogens is 252 g/mol. The van der Waals surface area contributed by atoms with E-state index in [0.29, 0.717) is 25.3 Å². The van der Waals surface area contributed by atoms with Crippen LogP contribution in [0.15, 0.2) is 11.6 Å². The molecule has 1 fully saturated rings. The molecule has 0 aromatic carbocycles. The van der Waals surface area contributed by atoms with Crippen LogP contribution in [-0.2, 0) is 9.59 Å². The van der Waals surface area contributed by atoms with Crippen molar-refractivity contribution in [1.82, 2.24) is 10.2 Å². The highest BCUT2D eigenvalue weighted by molar-refractivity contribution is 6.25. The summed E-state index contributed by atoms with van der Waals surface area (Å²) in [5, 5.41) is 2.81. The quantitative estimate of drug-likeness (QED) is 0.850.